The van der Waals surface area contributed by atoms with E-state index < -0.39 is 0 Å². The number of halogens is 2. The molecule has 4 rings (SSSR count). The Morgan fingerprint density at radius 2 is 1.78 bits per heavy atom. The largest absolute Gasteiger partial charge is 0.332 e. The van der Waals surface area contributed by atoms with Gasteiger partial charge >= 0.3 is 0 Å². The van der Waals surface area contributed by atoms with Crippen LogP contribution in [0.15, 0.2) is 65.6 Å². The van der Waals surface area contributed by atoms with Gasteiger partial charge in [-0.1, -0.05) is 29.3 Å². The molecule has 0 spiro atoms. The van der Waals surface area contributed by atoms with Crippen molar-refractivity contribution >= 4 is 74.9 Å². The highest BCUT2D eigenvalue weighted by Crippen LogP contribution is 2.22. The van der Waals surface area contributed by atoms with Crippen molar-refractivity contribution in [3.8, 4) is 5.69 Å². The van der Waals surface area contributed by atoms with E-state index in [0.717, 1.165) is 21.7 Å². The molecular formula is C22H17Cl2N5OS2. The Labute approximate surface area is 204 Å². The van der Waals surface area contributed by atoms with Gasteiger partial charge in [0.25, 0.3) is 0 Å². The number of carbonyl (C=O) groups excluding carboxylic acids is 1. The molecule has 1 heterocycles. The molecule has 3 aromatic carbocycles. The fraction of sp³-hybridized carbons (Fsp3) is 0.0909. The first-order valence-electron chi connectivity index (χ1n) is 9.50. The van der Waals surface area contributed by atoms with Crippen LogP contribution in [0.25, 0.3) is 16.7 Å². The Kier molecular flexibility index (Phi) is 6.95. The van der Waals surface area contributed by atoms with E-state index in [9.17, 15) is 4.79 Å². The molecule has 4 aromatic rings. The average Bonchev–Trinajstić information content (AvgIpc) is 3.18. The van der Waals surface area contributed by atoms with Crippen molar-refractivity contribution in [2.45, 2.75) is 11.8 Å². The number of anilines is 1. The molecule has 1 amide bonds. The summed E-state index contributed by atoms with van der Waals surface area (Å²) in [6.45, 7) is 1.94. The molecular weight excluding hydrogens is 485 g/mol. The minimum Gasteiger partial charge on any atom is -0.332 e. The fourth-order valence-electron chi connectivity index (χ4n) is 2.82. The van der Waals surface area contributed by atoms with Crippen molar-refractivity contribution < 1.29 is 4.79 Å². The second-order valence-corrected chi connectivity index (χ2v) is 9.17. The molecule has 0 radical (unpaired) electrons. The molecule has 2 N–H and O–H groups in total. The smallest absolute Gasteiger partial charge is 0.236 e. The number of benzene rings is 3. The lowest BCUT2D eigenvalue weighted by molar-refractivity contribution is -0.117. The number of hydrogen-bond acceptors (Lipinski definition) is 5. The van der Waals surface area contributed by atoms with Gasteiger partial charge in [0.15, 0.2) is 5.11 Å². The lowest BCUT2D eigenvalue weighted by Crippen LogP contribution is -2.35. The first-order valence-corrected chi connectivity index (χ1v) is 11.7. The Hall–Kier alpha value is -2.65. The standard InChI is InChI=1S/C22H17Cl2N5OS2/c1-13-2-6-16(11-18(13)24)29-27-19-9-5-15(10-20(19)28-29)25-22(31)26-21(30)12-32-17-7-3-14(23)4-8-17/h2-11H,12H2,1H3,(H2,25,26,30,31). The minimum atomic E-state index is -0.203. The van der Waals surface area contributed by atoms with Gasteiger partial charge in [-0.15, -0.1) is 22.0 Å². The zero-order valence-corrected chi connectivity index (χ0v) is 19.9. The molecule has 0 aliphatic heterocycles. The average molecular weight is 502 g/mol. The molecule has 162 valence electrons. The summed E-state index contributed by atoms with van der Waals surface area (Å²) in [5, 5.41) is 16.2. The van der Waals surface area contributed by atoms with E-state index in [0.29, 0.717) is 21.2 Å². The van der Waals surface area contributed by atoms with E-state index in [1.807, 2.05) is 55.5 Å². The summed E-state index contributed by atoms with van der Waals surface area (Å²) < 4.78 is 0. The van der Waals surface area contributed by atoms with Crippen molar-refractivity contribution in [1.29, 1.82) is 0 Å². The molecule has 0 atom stereocenters. The highest BCUT2D eigenvalue weighted by atomic mass is 35.5. The molecule has 10 heteroatoms. The van der Waals surface area contributed by atoms with Gasteiger partial charge < -0.3 is 10.6 Å². The summed E-state index contributed by atoms with van der Waals surface area (Å²) in [6, 6.07) is 18.4. The van der Waals surface area contributed by atoms with Crippen molar-refractivity contribution in [3.63, 3.8) is 0 Å². The predicted octanol–water partition coefficient (Wildman–Crippen LogP) is 5.64. The summed E-state index contributed by atoms with van der Waals surface area (Å²) in [6.07, 6.45) is 0. The van der Waals surface area contributed by atoms with E-state index in [2.05, 4.69) is 20.8 Å². The van der Waals surface area contributed by atoms with Crippen LogP contribution in [-0.2, 0) is 4.79 Å². The fourth-order valence-corrected chi connectivity index (χ4v) is 4.05. The number of amides is 1. The van der Waals surface area contributed by atoms with Crippen LogP contribution in [0.4, 0.5) is 5.69 Å². The number of aromatic nitrogens is 3. The minimum absolute atomic E-state index is 0.203. The Morgan fingerprint density at radius 1 is 1.03 bits per heavy atom. The number of nitrogens with one attached hydrogen (secondary N) is 2. The third kappa shape index (κ3) is 5.58. The van der Waals surface area contributed by atoms with Gasteiger partial charge in [0.05, 0.1) is 11.4 Å². The third-order valence-electron chi connectivity index (χ3n) is 4.46. The first kappa shape index (κ1) is 22.5. The van der Waals surface area contributed by atoms with Gasteiger partial charge in [-0.05, 0) is 79.3 Å². The maximum absolute atomic E-state index is 12.2. The number of thioether (sulfide) groups is 1. The summed E-state index contributed by atoms with van der Waals surface area (Å²) in [5.41, 5.74) is 3.86. The molecule has 0 aliphatic carbocycles. The monoisotopic (exact) mass is 501 g/mol. The molecule has 1 aromatic heterocycles. The van der Waals surface area contributed by atoms with Crippen LogP contribution in [0.2, 0.25) is 10.0 Å². The second-order valence-electron chi connectivity index (χ2n) is 6.87. The van der Waals surface area contributed by atoms with Gasteiger partial charge in [-0.3, -0.25) is 4.79 Å². The Morgan fingerprint density at radius 3 is 2.53 bits per heavy atom. The molecule has 6 nitrogen and oxygen atoms in total. The summed E-state index contributed by atoms with van der Waals surface area (Å²) >= 11 is 18.8. The Bertz CT molecular complexity index is 1310. The molecule has 0 fully saturated rings. The van der Waals surface area contributed by atoms with Gasteiger partial charge in [-0.25, -0.2) is 0 Å². The maximum atomic E-state index is 12.2. The lowest BCUT2D eigenvalue weighted by atomic mass is 10.2. The van der Waals surface area contributed by atoms with Crippen LogP contribution < -0.4 is 10.6 Å². The van der Waals surface area contributed by atoms with Crippen LogP contribution >= 0.6 is 47.2 Å². The summed E-state index contributed by atoms with van der Waals surface area (Å²) in [7, 11) is 0. The highest BCUT2D eigenvalue weighted by molar-refractivity contribution is 8.00. The van der Waals surface area contributed by atoms with Gasteiger partial charge in [0.2, 0.25) is 5.91 Å². The van der Waals surface area contributed by atoms with Crippen molar-refractivity contribution in [3.05, 3.63) is 76.3 Å². The maximum Gasteiger partial charge on any atom is 0.236 e. The van der Waals surface area contributed by atoms with Gasteiger partial charge in [-0.2, -0.15) is 4.80 Å². The number of carbonyl (C=O) groups is 1. The quantitative estimate of drug-likeness (QED) is 0.272. The number of nitrogens with zero attached hydrogens (tertiary/aromatic N) is 3. The molecule has 32 heavy (non-hydrogen) atoms. The topological polar surface area (TPSA) is 71.8 Å². The summed E-state index contributed by atoms with van der Waals surface area (Å²) in [5.74, 6) is 0.0290. The van der Waals surface area contributed by atoms with E-state index in [4.69, 9.17) is 35.4 Å². The zero-order chi connectivity index (χ0) is 22.7. The van der Waals surface area contributed by atoms with Crippen LogP contribution in [-0.4, -0.2) is 31.8 Å². The van der Waals surface area contributed by atoms with E-state index >= 15 is 0 Å². The van der Waals surface area contributed by atoms with Crippen molar-refractivity contribution in [1.82, 2.24) is 20.3 Å². The number of fused-ring (bicyclic) bond motifs is 1. The van der Waals surface area contributed by atoms with Crippen molar-refractivity contribution in [2.75, 3.05) is 11.1 Å². The molecule has 0 bridgehead atoms. The number of hydrogen-bond donors (Lipinski definition) is 2. The third-order valence-corrected chi connectivity index (χ3v) is 6.34. The lowest BCUT2D eigenvalue weighted by Gasteiger charge is -2.09. The molecule has 0 saturated heterocycles. The Balaban J connectivity index is 1.37. The zero-order valence-electron chi connectivity index (χ0n) is 16.8. The summed E-state index contributed by atoms with van der Waals surface area (Å²) in [4.78, 5) is 14.7. The highest BCUT2D eigenvalue weighted by Gasteiger charge is 2.10. The van der Waals surface area contributed by atoms with Crippen molar-refractivity contribution in [2.24, 2.45) is 0 Å². The van der Waals surface area contributed by atoms with E-state index in [1.165, 1.54) is 16.6 Å². The SMILES string of the molecule is Cc1ccc(-n2nc3ccc(NC(=S)NC(=O)CSc4ccc(Cl)cc4)cc3n2)cc1Cl. The molecule has 0 unspecified atom stereocenters. The normalized spacial score (nSPS) is 10.8. The predicted molar refractivity (Wildman–Crippen MR) is 135 cm³/mol. The van der Waals surface area contributed by atoms with Gasteiger partial charge in [0, 0.05) is 20.6 Å². The van der Waals surface area contributed by atoms with Crippen LogP contribution in [0, 0.1) is 6.92 Å². The van der Waals surface area contributed by atoms with Crippen LogP contribution in [0.5, 0.6) is 0 Å². The van der Waals surface area contributed by atoms with Crippen LogP contribution in [0.3, 0.4) is 0 Å². The van der Waals surface area contributed by atoms with Gasteiger partial charge in [0.1, 0.15) is 11.0 Å². The van der Waals surface area contributed by atoms with E-state index in [-0.39, 0.29) is 16.8 Å². The number of thiocarbonyl (C=S) groups is 1. The second kappa shape index (κ2) is 9.87. The van der Waals surface area contributed by atoms with Crippen LogP contribution in [0.1, 0.15) is 5.56 Å². The molecule has 0 aliphatic rings. The number of rotatable bonds is 5. The first-order chi connectivity index (χ1) is 15.4. The molecule has 0 saturated carbocycles. The number of aryl methyl sites for hydroxylation is 1. The van der Waals surface area contributed by atoms with E-state index in [1.54, 1.807) is 12.1 Å².